The van der Waals surface area contributed by atoms with E-state index in [1.54, 1.807) is 32.1 Å². The van der Waals surface area contributed by atoms with Gasteiger partial charge in [-0.25, -0.2) is 0 Å². The van der Waals surface area contributed by atoms with Gasteiger partial charge in [-0.05, 0) is 23.8 Å². The summed E-state index contributed by atoms with van der Waals surface area (Å²) >= 11 is 0. The molecule has 0 saturated carbocycles. The molecule has 202 valence electrons. The first-order valence-electron chi connectivity index (χ1n) is 10.6. The molecule has 0 unspecified atom stereocenters. The van der Waals surface area contributed by atoms with E-state index in [-0.39, 0.29) is 11.1 Å². The van der Waals surface area contributed by atoms with Crippen LogP contribution >= 0.6 is 0 Å². The minimum absolute atomic E-state index is 0.234. The second-order valence-electron chi connectivity index (χ2n) is 8.08. The van der Waals surface area contributed by atoms with Gasteiger partial charge in [-0.3, -0.25) is 19.4 Å². The van der Waals surface area contributed by atoms with Gasteiger partial charge in [-0.2, -0.15) is 0 Å². The van der Waals surface area contributed by atoms with Gasteiger partial charge in [0.2, 0.25) is 23.1 Å². The third-order valence-corrected chi connectivity index (χ3v) is 5.45. The number of phenolic OH excluding ortho intramolecular Hbond substituents is 6. The number of allylic oxidation sites excluding steroid dienone is 1. The highest BCUT2D eigenvalue weighted by molar-refractivity contribution is 6.49. The lowest BCUT2D eigenvalue weighted by Gasteiger charge is -2.28. The van der Waals surface area contributed by atoms with Crippen LogP contribution in [0.3, 0.4) is 0 Å². The zero-order valence-corrected chi connectivity index (χ0v) is 20.5. The standard InChI is InChI=1S/C15H16O6.C10H6O2.2N3/c1-15(2,7-3-5-9(16)13(20)11(7)18)8-4-6-10(17)14(21)12(8)19;11-9-6-5-7-3-1-2-4-8(7)10(9)12;2*1-3-2/h3-6,16-21H,1-2H3;1-6H;;/q;;2*-1. The molecule has 0 amide bonds. The van der Waals surface area contributed by atoms with Crippen LogP contribution in [0.2, 0.25) is 0 Å². The predicted octanol–water partition coefficient (Wildman–Crippen LogP) is 5.44. The van der Waals surface area contributed by atoms with Crippen molar-refractivity contribution < 1.29 is 40.2 Å². The van der Waals surface area contributed by atoms with Crippen molar-refractivity contribution in [1.82, 2.24) is 0 Å². The zero-order valence-electron chi connectivity index (χ0n) is 20.5. The molecule has 0 spiro atoms. The molecule has 0 bridgehead atoms. The topological polar surface area (TPSA) is 273 Å². The third-order valence-electron chi connectivity index (χ3n) is 5.45. The summed E-state index contributed by atoms with van der Waals surface area (Å²) in [5.74, 6) is -4.15. The SMILES string of the molecule is CC(C)(c1ccc(O)c(O)c1O)c1ccc(O)c(O)c1O.O=C1C=Cc2ccccc2C1=O.[N-]=[N+]=[N-].[N-]=[N+]=[N-]. The molecular formula is C25H22N6O8-2. The van der Waals surface area contributed by atoms with Gasteiger partial charge < -0.3 is 52.8 Å². The van der Waals surface area contributed by atoms with E-state index in [0.717, 1.165) is 5.56 Å². The fourth-order valence-electron chi connectivity index (χ4n) is 3.51. The van der Waals surface area contributed by atoms with Crippen LogP contribution in [0.4, 0.5) is 0 Å². The van der Waals surface area contributed by atoms with E-state index in [4.69, 9.17) is 22.1 Å². The van der Waals surface area contributed by atoms with Crippen LogP contribution in [0, 0.1) is 0 Å². The van der Waals surface area contributed by atoms with E-state index in [1.807, 2.05) is 12.1 Å². The minimum Gasteiger partial charge on any atom is -0.504 e. The predicted molar refractivity (Wildman–Crippen MR) is 140 cm³/mol. The highest BCUT2D eigenvalue weighted by Gasteiger charge is 2.32. The van der Waals surface area contributed by atoms with Crippen molar-refractivity contribution >= 4 is 17.6 Å². The van der Waals surface area contributed by atoms with Crippen LogP contribution in [-0.2, 0) is 10.2 Å². The Balaban J connectivity index is 0.000000354. The summed E-state index contributed by atoms with van der Waals surface area (Å²) in [5, 5.41) is 57.9. The van der Waals surface area contributed by atoms with Crippen LogP contribution in [0.25, 0.3) is 38.0 Å². The summed E-state index contributed by atoms with van der Waals surface area (Å²) < 4.78 is 0. The first-order valence-corrected chi connectivity index (χ1v) is 10.6. The molecule has 0 atom stereocenters. The molecule has 0 fully saturated rings. The van der Waals surface area contributed by atoms with Gasteiger partial charge in [-0.1, -0.05) is 56.3 Å². The summed E-state index contributed by atoms with van der Waals surface area (Å²) in [4.78, 5) is 25.1. The molecule has 6 N–H and O–H groups in total. The normalized spacial score (nSPS) is 11.1. The molecule has 0 saturated heterocycles. The first kappa shape index (κ1) is 31.2. The average molecular weight is 534 g/mol. The number of aromatic hydroxyl groups is 6. The number of carbonyl (C=O) groups is 2. The summed E-state index contributed by atoms with van der Waals surface area (Å²) in [6.45, 7) is 3.29. The zero-order chi connectivity index (χ0) is 29.9. The maximum absolute atomic E-state index is 11.2. The lowest BCUT2D eigenvalue weighted by atomic mass is 9.77. The Kier molecular flexibility index (Phi) is 10.8. The van der Waals surface area contributed by atoms with Gasteiger partial charge in [0.15, 0.2) is 23.0 Å². The van der Waals surface area contributed by atoms with Crippen molar-refractivity contribution in [3.63, 3.8) is 0 Å². The van der Waals surface area contributed by atoms with Crippen LogP contribution in [0.1, 0.15) is 40.9 Å². The van der Waals surface area contributed by atoms with Crippen molar-refractivity contribution in [3.05, 3.63) is 109 Å². The largest absolute Gasteiger partial charge is 0.504 e. The summed E-state index contributed by atoms with van der Waals surface area (Å²) in [6, 6.07) is 12.3. The van der Waals surface area contributed by atoms with E-state index in [1.165, 1.54) is 40.2 Å². The van der Waals surface area contributed by atoms with Gasteiger partial charge in [-0.15, -0.1) is 0 Å². The van der Waals surface area contributed by atoms with E-state index in [0.29, 0.717) is 5.56 Å². The first-order chi connectivity index (χ1) is 18.3. The van der Waals surface area contributed by atoms with Crippen LogP contribution in [-0.4, -0.2) is 42.2 Å². The van der Waals surface area contributed by atoms with E-state index >= 15 is 0 Å². The molecule has 14 nitrogen and oxygen atoms in total. The van der Waals surface area contributed by atoms with Gasteiger partial charge in [0.1, 0.15) is 0 Å². The lowest BCUT2D eigenvalue weighted by molar-refractivity contribution is -0.110. The molecule has 0 aliphatic heterocycles. The fourth-order valence-corrected chi connectivity index (χ4v) is 3.51. The summed E-state index contributed by atoms with van der Waals surface area (Å²) in [6.07, 6.45) is 2.98. The number of benzene rings is 3. The number of ketones is 2. The van der Waals surface area contributed by atoms with Crippen molar-refractivity contribution in [2.24, 2.45) is 0 Å². The number of Topliss-reactive ketones (excluding diaryl/α,β-unsaturated/α-hetero) is 1. The number of nitrogens with zero attached hydrogens (tertiary/aromatic N) is 6. The molecule has 1 aliphatic carbocycles. The molecular weight excluding hydrogens is 512 g/mol. The fraction of sp³-hybridized carbons (Fsp3) is 0.120. The molecule has 1 aliphatic rings. The van der Waals surface area contributed by atoms with Crippen molar-refractivity contribution in [2.75, 3.05) is 0 Å². The molecule has 14 heteroatoms. The number of rotatable bonds is 2. The van der Waals surface area contributed by atoms with Crippen molar-refractivity contribution in [2.45, 2.75) is 19.3 Å². The number of carbonyl (C=O) groups excluding carboxylic acids is 2. The van der Waals surface area contributed by atoms with Gasteiger partial charge in [0, 0.05) is 22.1 Å². The van der Waals surface area contributed by atoms with Crippen LogP contribution < -0.4 is 0 Å². The Bertz CT molecular complexity index is 1420. The van der Waals surface area contributed by atoms with E-state index < -0.39 is 51.5 Å². The smallest absolute Gasteiger partial charge is 0.233 e. The highest BCUT2D eigenvalue weighted by atomic mass is 16.3. The second kappa shape index (κ2) is 13.5. The Morgan fingerprint density at radius 3 is 1.46 bits per heavy atom. The highest BCUT2D eigenvalue weighted by Crippen LogP contribution is 2.49. The van der Waals surface area contributed by atoms with Crippen LogP contribution in [0.5, 0.6) is 34.5 Å². The van der Waals surface area contributed by atoms with Crippen LogP contribution in [0.15, 0.2) is 54.6 Å². The Morgan fingerprint density at radius 1 is 0.615 bits per heavy atom. The number of hydrogen-bond acceptors (Lipinski definition) is 8. The lowest BCUT2D eigenvalue weighted by Crippen LogP contribution is -2.19. The minimum atomic E-state index is -1.01. The molecule has 39 heavy (non-hydrogen) atoms. The second-order valence-corrected chi connectivity index (χ2v) is 8.08. The maximum atomic E-state index is 11.2. The summed E-state index contributed by atoms with van der Waals surface area (Å²) in [7, 11) is 0. The Morgan fingerprint density at radius 2 is 1.03 bits per heavy atom. The molecule has 3 aromatic rings. The number of phenols is 6. The average Bonchev–Trinajstić information content (AvgIpc) is 2.89. The van der Waals surface area contributed by atoms with Gasteiger partial charge in [0.05, 0.1) is 0 Å². The Labute approximate surface area is 220 Å². The maximum Gasteiger partial charge on any atom is 0.233 e. The summed E-state index contributed by atoms with van der Waals surface area (Å²) in [5.41, 5.74) is 27.8. The van der Waals surface area contributed by atoms with Crippen molar-refractivity contribution in [1.29, 1.82) is 0 Å². The monoisotopic (exact) mass is 534 g/mol. The van der Waals surface area contributed by atoms with E-state index in [2.05, 4.69) is 0 Å². The van der Waals surface area contributed by atoms with Gasteiger partial charge in [0.25, 0.3) is 0 Å². The molecule has 4 rings (SSSR count). The van der Waals surface area contributed by atoms with Gasteiger partial charge >= 0.3 is 0 Å². The third kappa shape index (κ3) is 7.11. The van der Waals surface area contributed by atoms with Crippen molar-refractivity contribution in [3.8, 4) is 34.5 Å². The molecule has 0 radical (unpaired) electrons. The molecule has 0 heterocycles. The number of hydrogen-bond donors (Lipinski definition) is 6. The quantitative estimate of drug-likeness (QED) is 0.0806. The number of fused-ring (bicyclic) bond motifs is 1. The van der Waals surface area contributed by atoms with E-state index in [9.17, 15) is 40.2 Å². The Hall–Kier alpha value is -5.84. The molecule has 3 aromatic carbocycles. The molecule has 0 aromatic heterocycles.